The molecule has 2 N–H and O–H groups in total. The molecule has 0 spiro atoms. The van der Waals surface area contributed by atoms with E-state index in [1.165, 1.54) is 4.90 Å². The van der Waals surface area contributed by atoms with Crippen LogP contribution in [0.25, 0.3) is 0 Å². The largest absolute Gasteiger partial charge is 0.469 e. The molecule has 2 rings (SSSR count). The van der Waals surface area contributed by atoms with Gasteiger partial charge in [-0.3, -0.25) is 4.79 Å². The van der Waals surface area contributed by atoms with Gasteiger partial charge in [0.25, 0.3) is 0 Å². The van der Waals surface area contributed by atoms with Gasteiger partial charge in [0, 0.05) is 32.1 Å². The summed E-state index contributed by atoms with van der Waals surface area (Å²) in [5.74, 6) is 1.41. The summed E-state index contributed by atoms with van der Waals surface area (Å²) in [5, 5.41) is 7.27. The zero-order valence-electron chi connectivity index (χ0n) is 15.3. The quantitative estimate of drug-likeness (QED) is 0.576. The second kappa shape index (κ2) is 9.87. The molecule has 1 heterocycles. The van der Waals surface area contributed by atoms with Crippen LogP contribution in [0.5, 0.6) is 0 Å². The standard InChI is InChI=1S/C19H25ClN4O2/c1-14(15-6-8-16(20)9-7-15)23-19(22-13-18(25)24(2)3)21-11-10-17-5-4-12-26-17/h4-9,12,14H,10-11,13H2,1-3H3,(H2,21,22,23). The molecular formula is C19H25ClN4O2. The fraction of sp³-hybridized carbons (Fsp3) is 0.368. The number of furan rings is 1. The summed E-state index contributed by atoms with van der Waals surface area (Å²) < 4.78 is 5.33. The van der Waals surface area contributed by atoms with Crippen molar-refractivity contribution in [3.8, 4) is 0 Å². The van der Waals surface area contributed by atoms with Crippen molar-refractivity contribution in [3.63, 3.8) is 0 Å². The third-order valence-corrected chi connectivity index (χ3v) is 4.09. The predicted octanol–water partition coefficient (Wildman–Crippen LogP) is 2.86. The molecule has 0 bridgehead atoms. The first-order valence-electron chi connectivity index (χ1n) is 8.48. The van der Waals surface area contributed by atoms with Gasteiger partial charge in [0.15, 0.2) is 5.96 Å². The monoisotopic (exact) mass is 376 g/mol. The first-order valence-corrected chi connectivity index (χ1v) is 8.86. The lowest BCUT2D eigenvalue weighted by molar-refractivity contribution is -0.127. The molecule has 0 fully saturated rings. The van der Waals surface area contributed by atoms with Crippen molar-refractivity contribution in [3.05, 3.63) is 59.0 Å². The highest BCUT2D eigenvalue weighted by Gasteiger charge is 2.10. The number of nitrogens with zero attached hydrogens (tertiary/aromatic N) is 2. The topological polar surface area (TPSA) is 69.9 Å². The Hall–Kier alpha value is -2.47. The number of carbonyl (C=O) groups excluding carboxylic acids is 1. The van der Waals surface area contributed by atoms with Gasteiger partial charge in [0.05, 0.1) is 12.3 Å². The summed E-state index contributed by atoms with van der Waals surface area (Å²) in [5.41, 5.74) is 1.08. The molecule has 1 amide bonds. The maximum absolute atomic E-state index is 11.8. The van der Waals surface area contributed by atoms with Crippen molar-refractivity contribution in [2.75, 3.05) is 27.2 Å². The van der Waals surface area contributed by atoms with Crippen molar-refractivity contribution in [2.45, 2.75) is 19.4 Å². The number of amides is 1. The predicted molar refractivity (Wildman–Crippen MR) is 104 cm³/mol. The Morgan fingerprint density at radius 3 is 2.62 bits per heavy atom. The Bertz CT molecular complexity index is 712. The summed E-state index contributed by atoms with van der Waals surface area (Å²) in [6.45, 7) is 2.75. The van der Waals surface area contributed by atoms with Crippen molar-refractivity contribution >= 4 is 23.5 Å². The minimum absolute atomic E-state index is 0.0107. The van der Waals surface area contributed by atoms with Gasteiger partial charge in [-0.05, 0) is 36.8 Å². The number of nitrogens with one attached hydrogen (secondary N) is 2. The Balaban J connectivity index is 1.99. The zero-order chi connectivity index (χ0) is 18.9. The number of carbonyl (C=O) groups is 1. The summed E-state index contributed by atoms with van der Waals surface area (Å²) in [7, 11) is 3.43. The second-order valence-electron chi connectivity index (χ2n) is 6.13. The average Bonchev–Trinajstić information content (AvgIpc) is 3.13. The van der Waals surface area contributed by atoms with E-state index in [1.54, 1.807) is 20.4 Å². The SMILES string of the molecule is CC(NC(=NCC(=O)N(C)C)NCCc1ccco1)c1ccc(Cl)cc1. The van der Waals surface area contributed by atoms with Crippen LogP contribution >= 0.6 is 11.6 Å². The average molecular weight is 377 g/mol. The number of guanidine groups is 1. The molecule has 1 unspecified atom stereocenters. The van der Waals surface area contributed by atoms with E-state index in [9.17, 15) is 4.79 Å². The van der Waals surface area contributed by atoms with Gasteiger partial charge in [0.1, 0.15) is 12.3 Å². The van der Waals surface area contributed by atoms with Crippen molar-refractivity contribution in [1.82, 2.24) is 15.5 Å². The van der Waals surface area contributed by atoms with Gasteiger partial charge in [-0.2, -0.15) is 0 Å². The van der Waals surface area contributed by atoms with Crippen LogP contribution in [-0.4, -0.2) is 44.0 Å². The van der Waals surface area contributed by atoms with Crippen molar-refractivity contribution in [2.24, 2.45) is 4.99 Å². The van der Waals surface area contributed by atoms with E-state index in [4.69, 9.17) is 16.0 Å². The van der Waals surface area contributed by atoms with E-state index in [2.05, 4.69) is 15.6 Å². The summed E-state index contributed by atoms with van der Waals surface area (Å²) in [6.07, 6.45) is 2.38. The maximum atomic E-state index is 11.8. The summed E-state index contributed by atoms with van der Waals surface area (Å²) >= 11 is 5.95. The molecule has 0 aliphatic rings. The molecule has 0 radical (unpaired) electrons. The molecule has 6 nitrogen and oxygen atoms in total. The first-order chi connectivity index (χ1) is 12.5. The minimum atomic E-state index is -0.0590. The number of rotatable bonds is 7. The lowest BCUT2D eigenvalue weighted by atomic mass is 10.1. The van der Waals surface area contributed by atoms with E-state index in [0.717, 1.165) is 17.7 Å². The highest BCUT2D eigenvalue weighted by Crippen LogP contribution is 2.15. The van der Waals surface area contributed by atoms with Crippen LogP contribution in [0.4, 0.5) is 0 Å². The van der Waals surface area contributed by atoms with Crippen molar-refractivity contribution < 1.29 is 9.21 Å². The Kier molecular flexibility index (Phi) is 7.53. The van der Waals surface area contributed by atoms with E-state index in [0.29, 0.717) is 17.5 Å². The maximum Gasteiger partial charge on any atom is 0.243 e. The van der Waals surface area contributed by atoms with Crippen LogP contribution in [0.3, 0.4) is 0 Å². The fourth-order valence-corrected chi connectivity index (χ4v) is 2.37. The van der Waals surface area contributed by atoms with E-state index >= 15 is 0 Å². The van der Waals surface area contributed by atoms with Crippen LogP contribution in [0.1, 0.15) is 24.3 Å². The molecule has 1 aromatic heterocycles. The molecule has 7 heteroatoms. The Labute approximate surface area is 159 Å². The molecule has 0 saturated carbocycles. The fourth-order valence-electron chi connectivity index (χ4n) is 2.24. The van der Waals surface area contributed by atoms with E-state index in [-0.39, 0.29) is 18.5 Å². The molecule has 0 aliphatic heterocycles. The molecule has 1 aromatic carbocycles. The number of benzene rings is 1. The highest BCUT2D eigenvalue weighted by atomic mass is 35.5. The molecule has 1 atom stereocenters. The number of aliphatic imine (C=N–C) groups is 1. The molecule has 0 saturated heterocycles. The Morgan fingerprint density at radius 2 is 2.00 bits per heavy atom. The van der Waals surface area contributed by atoms with Crippen molar-refractivity contribution in [1.29, 1.82) is 0 Å². The van der Waals surface area contributed by atoms with Crippen LogP contribution in [0.15, 0.2) is 52.1 Å². The van der Waals surface area contributed by atoms with Gasteiger partial charge in [-0.15, -0.1) is 0 Å². The zero-order valence-corrected chi connectivity index (χ0v) is 16.1. The molecule has 2 aromatic rings. The summed E-state index contributed by atoms with van der Waals surface area (Å²) in [6, 6.07) is 11.4. The van der Waals surface area contributed by atoms with Gasteiger partial charge in [0.2, 0.25) is 5.91 Å². The smallest absolute Gasteiger partial charge is 0.243 e. The van der Waals surface area contributed by atoms with Crippen LogP contribution in [0, 0.1) is 0 Å². The number of hydrogen-bond acceptors (Lipinski definition) is 3. The lowest BCUT2D eigenvalue weighted by Crippen LogP contribution is -2.40. The third kappa shape index (κ3) is 6.44. The summed E-state index contributed by atoms with van der Waals surface area (Å²) in [4.78, 5) is 17.7. The molecule has 26 heavy (non-hydrogen) atoms. The molecule has 140 valence electrons. The first kappa shape index (κ1) is 19.8. The van der Waals surface area contributed by atoms with Crippen LogP contribution in [-0.2, 0) is 11.2 Å². The molecular weight excluding hydrogens is 352 g/mol. The van der Waals surface area contributed by atoms with Gasteiger partial charge >= 0.3 is 0 Å². The highest BCUT2D eigenvalue weighted by molar-refractivity contribution is 6.30. The van der Waals surface area contributed by atoms with Gasteiger partial charge < -0.3 is 20.0 Å². The minimum Gasteiger partial charge on any atom is -0.469 e. The van der Waals surface area contributed by atoms with E-state index in [1.807, 2.05) is 43.3 Å². The normalized spacial score (nSPS) is 12.5. The number of halogens is 1. The molecule has 0 aliphatic carbocycles. The second-order valence-corrected chi connectivity index (χ2v) is 6.56. The van der Waals surface area contributed by atoms with Gasteiger partial charge in [-0.1, -0.05) is 23.7 Å². The third-order valence-electron chi connectivity index (χ3n) is 3.84. The lowest BCUT2D eigenvalue weighted by Gasteiger charge is -2.19. The van der Waals surface area contributed by atoms with E-state index < -0.39 is 0 Å². The van der Waals surface area contributed by atoms with Crippen LogP contribution in [0.2, 0.25) is 5.02 Å². The number of likely N-dealkylation sites (N-methyl/N-ethyl adjacent to an activating group) is 1. The Morgan fingerprint density at radius 1 is 1.27 bits per heavy atom. The van der Waals surface area contributed by atoms with Gasteiger partial charge in [-0.25, -0.2) is 4.99 Å². The van der Waals surface area contributed by atoms with Crippen LogP contribution < -0.4 is 10.6 Å². The number of hydrogen-bond donors (Lipinski definition) is 2.